The Balaban J connectivity index is 1.87. The van der Waals surface area contributed by atoms with Crippen LogP contribution >= 0.6 is 11.6 Å². The van der Waals surface area contributed by atoms with Gasteiger partial charge in [0.25, 0.3) is 11.8 Å². The van der Waals surface area contributed by atoms with E-state index < -0.39 is 53.5 Å². The molecule has 14 heteroatoms. The third-order valence-corrected chi connectivity index (χ3v) is 6.17. The summed E-state index contributed by atoms with van der Waals surface area (Å²) >= 11 is 6.14. The van der Waals surface area contributed by atoms with E-state index in [1.807, 2.05) is 0 Å². The monoisotopic (exact) mass is 589 g/mol. The summed E-state index contributed by atoms with van der Waals surface area (Å²) in [4.78, 5) is 37.3. The number of hydrogen-bond donors (Lipinski definition) is 3. The molecule has 2 amide bonds. The number of aromatic nitrogens is 1. The topological polar surface area (TPSA) is 100 Å². The van der Waals surface area contributed by atoms with E-state index in [1.54, 1.807) is 0 Å². The number of alkyl halides is 6. The third kappa shape index (κ3) is 6.76. The summed E-state index contributed by atoms with van der Waals surface area (Å²) in [6.07, 6.45) is -9.60. The molecule has 3 N–H and O–H groups in total. The molecule has 0 atom stereocenters. The Morgan fingerprint density at radius 1 is 0.950 bits per heavy atom. The van der Waals surface area contributed by atoms with E-state index in [2.05, 4.69) is 10.6 Å². The highest BCUT2D eigenvalue weighted by molar-refractivity contribution is 6.35. The Morgan fingerprint density at radius 2 is 1.60 bits per heavy atom. The van der Waals surface area contributed by atoms with Crippen LogP contribution < -0.4 is 10.6 Å². The molecule has 7 nitrogen and oxygen atoms in total. The van der Waals surface area contributed by atoms with Crippen molar-refractivity contribution in [2.45, 2.75) is 45.2 Å². The van der Waals surface area contributed by atoms with Crippen LogP contribution in [0.2, 0.25) is 5.02 Å². The quantitative estimate of drug-likeness (QED) is 0.278. The molecule has 2 aromatic carbocycles. The minimum Gasteiger partial charge on any atom is -0.480 e. The second-order valence-corrected chi connectivity index (χ2v) is 9.79. The number of anilines is 1. The van der Waals surface area contributed by atoms with Gasteiger partial charge in [-0.25, -0.2) is 4.79 Å². The number of carbonyl (C=O) groups is 3. The van der Waals surface area contributed by atoms with Gasteiger partial charge in [-0.15, -0.1) is 0 Å². The van der Waals surface area contributed by atoms with E-state index in [1.165, 1.54) is 57.2 Å². The highest BCUT2D eigenvalue weighted by atomic mass is 35.5. The van der Waals surface area contributed by atoms with Crippen molar-refractivity contribution in [1.29, 1.82) is 0 Å². The molecule has 0 unspecified atom stereocenters. The fraction of sp³-hybridized carbons (Fsp3) is 0.269. The molecule has 1 heterocycles. The third-order valence-electron chi connectivity index (χ3n) is 5.85. The number of nitrogens with zero attached hydrogens (tertiary/aromatic N) is 1. The van der Waals surface area contributed by atoms with E-state index in [0.717, 1.165) is 0 Å². The minimum absolute atomic E-state index is 0.0394. The Hall–Kier alpha value is -4.00. The van der Waals surface area contributed by atoms with Crippen molar-refractivity contribution in [3.63, 3.8) is 0 Å². The minimum atomic E-state index is -5.02. The van der Waals surface area contributed by atoms with Gasteiger partial charge in [0.15, 0.2) is 0 Å². The van der Waals surface area contributed by atoms with Crippen LogP contribution in [-0.2, 0) is 23.7 Å². The van der Waals surface area contributed by atoms with E-state index in [9.17, 15) is 45.8 Å². The molecule has 0 spiro atoms. The van der Waals surface area contributed by atoms with Crippen molar-refractivity contribution in [2.75, 3.05) is 5.32 Å². The zero-order chi connectivity index (χ0) is 30.2. The van der Waals surface area contributed by atoms with E-state index in [0.29, 0.717) is 16.3 Å². The van der Waals surface area contributed by atoms with Gasteiger partial charge in [0.2, 0.25) is 0 Å². The molecule has 0 aliphatic heterocycles. The Bertz CT molecular complexity index is 1480. The van der Waals surface area contributed by atoms with Crippen molar-refractivity contribution in [2.24, 2.45) is 0 Å². The molecule has 3 rings (SSSR count). The van der Waals surface area contributed by atoms with E-state index >= 15 is 0 Å². The number of benzene rings is 2. The molecule has 0 aliphatic carbocycles. The van der Waals surface area contributed by atoms with Crippen LogP contribution in [0.4, 0.5) is 32.0 Å². The molecular weight excluding hydrogens is 568 g/mol. The van der Waals surface area contributed by atoms with Crippen molar-refractivity contribution in [3.8, 4) is 0 Å². The average molecular weight is 590 g/mol. The number of halogens is 7. The first-order chi connectivity index (χ1) is 18.3. The highest BCUT2D eigenvalue weighted by Crippen LogP contribution is 2.37. The summed E-state index contributed by atoms with van der Waals surface area (Å²) in [6, 6.07) is 8.13. The van der Waals surface area contributed by atoms with Gasteiger partial charge in [-0.05, 0) is 56.2 Å². The van der Waals surface area contributed by atoms with Crippen LogP contribution in [0.5, 0.6) is 0 Å². The van der Waals surface area contributed by atoms with Crippen molar-refractivity contribution < 1.29 is 45.8 Å². The number of hydrogen-bond acceptors (Lipinski definition) is 3. The number of carbonyl (C=O) groups excluding carboxylic acids is 2. The van der Waals surface area contributed by atoms with Gasteiger partial charge in [0.05, 0.1) is 21.7 Å². The number of aryl methyl sites for hydroxylation is 1. The number of carboxylic acids is 1. The van der Waals surface area contributed by atoms with Crippen molar-refractivity contribution >= 4 is 35.1 Å². The van der Waals surface area contributed by atoms with Crippen LogP contribution in [0.25, 0.3) is 0 Å². The maximum Gasteiger partial charge on any atom is 0.431 e. The molecular formula is C26H22ClF6N3O4. The number of nitrogens with one attached hydrogen (secondary N) is 2. The normalized spacial score (nSPS) is 12.2. The molecule has 0 bridgehead atoms. The summed E-state index contributed by atoms with van der Waals surface area (Å²) in [7, 11) is 0. The SMILES string of the molecule is Cc1cc(Cn2cc(C(F)(F)F)cc2C(F)(F)F)ccc1NC(=O)c1cccc(Cl)c1C(=O)NC(C)(C)C(=O)O. The lowest BCUT2D eigenvalue weighted by molar-refractivity contribution is -0.144. The molecule has 0 radical (unpaired) electrons. The lowest BCUT2D eigenvalue weighted by atomic mass is 10.0. The molecule has 3 aromatic rings. The standard InChI is InChI=1S/C26H22ClF6N3O4/c1-13-9-14(11-36-12-15(25(28,29)30)10-19(36)26(31,32)33)7-8-18(13)34-21(37)16-5-4-6-17(27)20(16)22(38)35-24(2,3)23(39)40/h4-10,12H,11H2,1-3H3,(H,34,37)(H,35,38)(H,39,40). The molecule has 0 saturated carbocycles. The maximum absolute atomic E-state index is 13.3. The number of amides is 2. The second kappa shape index (κ2) is 10.9. The Labute approximate surface area is 228 Å². The van der Waals surface area contributed by atoms with E-state index in [-0.39, 0.29) is 33.5 Å². The lowest BCUT2D eigenvalue weighted by Gasteiger charge is -2.22. The second-order valence-electron chi connectivity index (χ2n) is 9.39. The van der Waals surface area contributed by atoms with Gasteiger partial charge in [-0.1, -0.05) is 29.8 Å². The smallest absolute Gasteiger partial charge is 0.431 e. The first kappa shape index (κ1) is 30.5. The highest BCUT2D eigenvalue weighted by Gasteiger charge is 2.40. The summed E-state index contributed by atoms with van der Waals surface area (Å²) in [5.74, 6) is -3.04. The molecule has 214 valence electrons. The summed E-state index contributed by atoms with van der Waals surface area (Å²) < 4.78 is 79.6. The Morgan fingerprint density at radius 3 is 2.15 bits per heavy atom. The van der Waals surface area contributed by atoms with Gasteiger partial charge in [0.1, 0.15) is 11.2 Å². The van der Waals surface area contributed by atoms with Crippen LogP contribution in [0.15, 0.2) is 48.7 Å². The zero-order valence-corrected chi connectivity index (χ0v) is 21.8. The summed E-state index contributed by atoms with van der Waals surface area (Å²) in [5, 5.41) is 14.0. The summed E-state index contributed by atoms with van der Waals surface area (Å²) in [6.45, 7) is 3.47. The molecule has 0 saturated heterocycles. The average Bonchev–Trinajstić information content (AvgIpc) is 3.25. The number of aliphatic carboxylic acids is 1. The van der Waals surface area contributed by atoms with Crippen LogP contribution in [-0.4, -0.2) is 33.0 Å². The predicted octanol–water partition coefficient (Wildman–Crippen LogP) is 6.38. The number of carboxylic acid groups (broad SMARTS) is 1. The van der Waals surface area contributed by atoms with E-state index in [4.69, 9.17) is 11.6 Å². The summed E-state index contributed by atoms with van der Waals surface area (Å²) in [5.41, 5.74) is -4.25. The van der Waals surface area contributed by atoms with Gasteiger partial charge < -0.3 is 20.3 Å². The van der Waals surface area contributed by atoms with Crippen LogP contribution in [0.3, 0.4) is 0 Å². The molecule has 0 aliphatic rings. The zero-order valence-electron chi connectivity index (χ0n) is 21.1. The van der Waals surface area contributed by atoms with Gasteiger partial charge in [0, 0.05) is 18.4 Å². The maximum atomic E-state index is 13.3. The first-order valence-corrected chi connectivity index (χ1v) is 11.8. The molecule has 1 aromatic heterocycles. The predicted molar refractivity (Wildman–Crippen MR) is 133 cm³/mol. The van der Waals surface area contributed by atoms with Gasteiger partial charge >= 0.3 is 18.3 Å². The van der Waals surface area contributed by atoms with Crippen molar-refractivity contribution in [1.82, 2.24) is 9.88 Å². The fourth-order valence-electron chi connectivity index (χ4n) is 3.73. The molecule has 40 heavy (non-hydrogen) atoms. The van der Waals surface area contributed by atoms with Gasteiger partial charge in [-0.2, -0.15) is 26.3 Å². The van der Waals surface area contributed by atoms with Gasteiger partial charge in [-0.3, -0.25) is 9.59 Å². The van der Waals surface area contributed by atoms with Crippen LogP contribution in [0, 0.1) is 6.92 Å². The fourth-order valence-corrected chi connectivity index (χ4v) is 3.99. The van der Waals surface area contributed by atoms with Crippen LogP contribution in [0.1, 0.15) is 56.9 Å². The first-order valence-electron chi connectivity index (χ1n) is 11.4. The number of rotatable bonds is 7. The Kier molecular flexibility index (Phi) is 8.30. The lowest BCUT2D eigenvalue weighted by Crippen LogP contribution is -2.50. The largest absolute Gasteiger partial charge is 0.480 e. The molecule has 0 fully saturated rings. The van der Waals surface area contributed by atoms with Crippen molar-refractivity contribution in [3.05, 3.63) is 87.2 Å².